The minimum atomic E-state index is -4.50. The third kappa shape index (κ3) is 5.30. The van der Waals surface area contributed by atoms with Gasteiger partial charge in [0.1, 0.15) is 11.8 Å². The number of carboxylic acid groups (broad SMARTS) is 1. The van der Waals surface area contributed by atoms with E-state index in [1.165, 1.54) is 4.90 Å². The van der Waals surface area contributed by atoms with Crippen LogP contribution in [-0.2, 0) is 20.6 Å². The van der Waals surface area contributed by atoms with Crippen molar-refractivity contribution in [3.8, 4) is 0 Å². The summed E-state index contributed by atoms with van der Waals surface area (Å²) in [5.41, 5.74) is 0.951. The van der Waals surface area contributed by atoms with Crippen LogP contribution >= 0.6 is 7.60 Å². The first-order chi connectivity index (χ1) is 14.2. The summed E-state index contributed by atoms with van der Waals surface area (Å²) < 4.78 is 12.0. The number of aliphatic carboxylic acids is 1. The zero-order valence-electron chi connectivity index (χ0n) is 17.2. The zero-order valence-corrected chi connectivity index (χ0v) is 18.1. The Labute approximate surface area is 176 Å². The zero-order chi connectivity index (χ0) is 21.9. The molecule has 1 saturated carbocycles. The molecule has 1 aliphatic carbocycles. The number of nitrogens with zero attached hydrogens (tertiary/aromatic N) is 1. The fourth-order valence-corrected chi connectivity index (χ4v) is 5.76. The van der Waals surface area contributed by atoms with E-state index in [1.807, 2.05) is 30.3 Å². The van der Waals surface area contributed by atoms with Crippen LogP contribution in [0.25, 0.3) is 0 Å². The van der Waals surface area contributed by atoms with Gasteiger partial charge < -0.3 is 19.8 Å². The first kappa shape index (κ1) is 22.9. The largest absolute Gasteiger partial charge is 0.480 e. The third-order valence-corrected chi connectivity index (χ3v) is 7.61. The van der Waals surface area contributed by atoms with Gasteiger partial charge in [-0.1, -0.05) is 43.2 Å². The Balaban J connectivity index is 1.70. The number of aryl methyl sites for hydroxylation is 1. The minimum Gasteiger partial charge on any atom is -0.480 e. The van der Waals surface area contributed by atoms with Crippen LogP contribution in [0.3, 0.4) is 0 Å². The lowest BCUT2D eigenvalue weighted by Gasteiger charge is -2.35. The fraction of sp³-hybridized carbons (Fsp3) is 0.619. The average Bonchev–Trinajstić information content (AvgIpc) is 3.10. The van der Waals surface area contributed by atoms with Crippen LogP contribution in [0.2, 0.25) is 0 Å². The van der Waals surface area contributed by atoms with Gasteiger partial charge in [0.25, 0.3) is 0 Å². The maximum Gasteiger partial charge on any atom is 0.342 e. The lowest BCUT2D eigenvalue weighted by Crippen LogP contribution is -2.54. The second kappa shape index (κ2) is 9.60. The smallest absolute Gasteiger partial charge is 0.342 e. The molecule has 166 valence electrons. The van der Waals surface area contributed by atoms with Crippen molar-refractivity contribution in [2.24, 2.45) is 5.92 Å². The molecule has 5 atom stereocenters. The van der Waals surface area contributed by atoms with Crippen molar-refractivity contribution < 1.29 is 29.0 Å². The number of hydrogen-bond acceptors (Lipinski definition) is 4. The fourth-order valence-electron chi connectivity index (χ4n) is 4.88. The molecule has 1 unspecified atom stereocenters. The Kier molecular flexibility index (Phi) is 7.34. The van der Waals surface area contributed by atoms with E-state index in [4.69, 9.17) is 0 Å². The number of rotatable bonds is 8. The van der Waals surface area contributed by atoms with Crippen LogP contribution < -0.4 is 5.32 Å². The van der Waals surface area contributed by atoms with E-state index in [9.17, 15) is 29.0 Å². The molecule has 4 N–H and O–H groups in total. The summed E-state index contributed by atoms with van der Waals surface area (Å²) in [5.74, 6) is -2.40. The highest BCUT2D eigenvalue weighted by molar-refractivity contribution is 7.52. The molecule has 1 heterocycles. The third-order valence-electron chi connectivity index (χ3n) is 6.40. The molecule has 1 aliphatic heterocycles. The van der Waals surface area contributed by atoms with Crippen molar-refractivity contribution in [2.45, 2.75) is 75.8 Å². The van der Waals surface area contributed by atoms with E-state index >= 15 is 0 Å². The normalized spacial score (nSPS) is 26.1. The predicted molar refractivity (Wildman–Crippen MR) is 112 cm³/mol. The van der Waals surface area contributed by atoms with Gasteiger partial charge in [-0.3, -0.25) is 14.7 Å². The van der Waals surface area contributed by atoms with Crippen LogP contribution in [0.4, 0.5) is 0 Å². The summed E-state index contributed by atoms with van der Waals surface area (Å²) in [6.45, 7) is 1.56. The van der Waals surface area contributed by atoms with Crippen molar-refractivity contribution in [1.29, 1.82) is 0 Å². The van der Waals surface area contributed by atoms with Gasteiger partial charge in [-0.15, -0.1) is 0 Å². The Morgan fingerprint density at radius 3 is 2.50 bits per heavy atom. The summed E-state index contributed by atoms with van der Waals surface area (Å²) in [6.07, 6.45) is 4.78. The second-order valence-electron chi connectivity index (χ2n) is 8.46. The standard InChI is InChI=1S/C21H31N2O6P/c1-14(22-19(30(27,28)29)12-11-15-7-3-2-4-8-15)20(24)23-17-10-6-5-9-16(17)13-18(23)21(25)26/h2-4,7-8,14,16-19,22H,5-6,9-13H2,1H3,(H,25,26)(H2,27,28,29)/t14-,16-,17-,18-,19?/m0/s1. The van der Waals surface area contributed by atoms with Gasteiger partial charge in [0, 0.05) is 6.04 Å². The van der Waals surface area contributed by atoms with E-state index in [-0.39, 0.29) is 18.4 Å². The molecule has 1 aromatic rings. The van der Waals surface area contributed by atoms with Gasteiger partial charge in [-0.25, -0.2) is 4.79 Å². The van der Waals surface area contributed by atoms with Crippen LogP contribution in [0.1, 0.15) is 51.0 Å². The maximum absolute atomic E-state index is 13.2. The number of hydrogen-bond donors (Lipinski definition) is 4. The molecule has 1 saturated heterocycles. The molecule has 2 fully saturated rings. The minimum absolute atomic E-state index is 0.102. The quantitative estimate of drug-likeness (QED) is 0.459. The summed E-state index contributed by atoms with van der Waals surface area (Å²) in [7, 11) is -4.50. The number of carbonyl (C=O) groups excluding carboxylic acids is 1. The van der Waals surface area contributed by atoms with E-state index in [0.29, 0.717) is 12.8 Å². The average molecular weight is 438 g/mol. The van der Waals surface area contributed by atoms with E-state index in [1.54, 1.807) is 6.92 Å². The van der Waals surface area contributed by atoms with Gasteiger partial charge in [-0.2, -0.15) is 0 Å². The van der Waals surface area contributed by atoms with Crippen molar-refractivity contribution in [2.75, 3.05) is 0 Å². The van der Waals surface area contributed by atoms with Crippen LogP contribution in [0.5, 0.6) is 0 Å². The number of fused-ring (bicyclic) bond motifs is 1. The molecule has 8 nitrogen and oxygen atoms in total. The van der Waals surface area contributed by atoms with Crippen LogP contribution in [0.15, 0.2) is 30.3 Å². The summed E-state index contributed by atoms with van der Waals surface area (Å²) in [6, 6.07) is 7.51. The number of amides is 1. The predicted octanol–water partition coefficient (Wildman–Crippen LogP) is 2.35. The van der Waals surface area contributed by atoms with Gasteiger partial charge in [0.05, 0.1) is 6.04 Å². The Morgan fingerprint density at radius 2 is 1.87 bits per heavy atom. The van der Waals surface area contributed by atoms with Crippen molar-refractivity contribution in [1.82, 2.24) is 10.2 Å². The van der Waals surface area contributed by atoms with E-state index in [0.717, 1.165) is 31.2 Å². The van der Waals surface area contributed by atoms with Crippen LogP contribution in [-0.4, -0.2) is 55.6 Å². The number of carbonyl (C=O) groups is 2. The van der Waals surface area contributed by atoms with Crippen molar-refractivity contribution in [3.05, 3.63) is 35.9 Å². The molecular formula is C21H31N2O6P. The molecule has 3 rings (SSSR count). The molecule has 1 amide bonds. The van der Waals surface area contributed by atoms with E-state index < -0.39 is 37.3 Å². The molecule has 0 radical (unpaired) electrons. The molecular weight excluding hydrogens is 407 g/mol. The number of nitrogens with one attached hydrogen (secondary N) is 1. The molecule has 2 aliphatic rings. The Hall–Kier alpha value is -1.73. The summed E-state index contributed by atoms with van der Waals surface area (Å²) in [5, 5.41) is 12.5. The maximum atomic E-state index is 13.2. The van der Waals surface area contributed by atoms with Gasteiger partial charge in [-0.05, 0) is 50.5 Å². The van der Waals surface area contributed by atoms with Gasteiger partial charge in [0.2, 0.25) is 5.91 Å². The molecule has 9 heteroatoms. The SMILES string of the molecule is C[C@H](NC(CCc1ccccc1)P(=O)(O)O)C(=O)N1[C@H](C(=O)O)C[C@@H]2CCCC[C@@H]21. The van der Waals surface area contributed by atoms with Crippen LogP contribution in [0, 0.1) is 5.92 Å². The molecule has 30 heavy (non-hydrogen) atoms. The molecule has 1 aromatic carbocycles. The first-order valence-electron chi connectivity index (χ1n) is 10.6. The lowest BCUT2D eigenvalue weighted by molar-refractivity contribution is -0.150. The topological polar surface area (TPSA) is 127 Å². The molecule has 0 aromatic heterocycles. The summed E-state index contributed by atoms with van der Waals surface area (Å²) in [4.78, 5) is 46.1. The number of benzene rings is 1. The highest BCUT2D eigenvalue weighted by atomic mass is 31.2. The lowest BCUT2D eigenvalue weighted by atomic mass is 9.84. The second-order valence-corrected chi connectivity index (χ2v) is 10.3. The summed E-state index contributed by atoms with van der Waals surface area (Å²) >= 11 is 0. The van der Waals surface area contributed by atoms with E-state index in [2.05, 4.69) is 5.32 Å². The Bertz CT molecular complexity index is 798. The number of likely N-dealkylation sites (tertiary alicyclic amines) is 1. The highest BCUT2D eigenvalue weighted by Gasteiger charge is 2.48. The monoisotopic (exact) mass is 438 g/mol. The number of carboxylic acids is 1. The molecule has 0 spiro atoms. The van der Waals surface area contributed by atoms with Crippen molar-refractivity contribution >= 4 is 19.5 Å². The molecule has 0 bridgehead atoms. The highest BCUT2D eigenvalue weighted by Crippen LogP contribution is 2.43. The van der Waals surface area contributed by atoms with Gasteiger partial charge in [0.15, 0.2) is 0 Å². The first-order valence-corrected chi connectivity index (χ1v) is 12.3. The van der Waals surface area contributed by atoms with Gasteiger partial charge >= 0.3 is 13.6 Å². The Morgan fingerprint density at radius 1 is 1.20 bits per heavy atom. The van der Waals surface area contributed by atoms with Crippen molar-refractivity contribution in [3.63, 3.8) is 0 Å².